The average molecular weight is 432 g/mol. The molecule has 1 atom stereocenters. The summed E-state index contributed by atoms with van der Waals surface area (Å²) in [6, 6.07) is 8.67. The summed E-state index contributed by atoms with van der Waals surface area (Å²) in [7, 11) is 0. The molecule has 1 aliphatic rings. The molecule has 3 aromatic heterocycles. The minimum atomic E-state index is -0.490. The van der Waals surface area contributed by atoms with Crippen molar-refractivity contribution in [3.05, 3.63) is 68.6 Å². The Kier molecular flexibility index (Phi) is 4.96. The van der Waals surface area contributed by atoms with Crippen LogP contribution in [0.1, 0.15) is 49.0 Å². The number of aromatic nitrogens is 6. The fraction of sp³-hybridized carbons (Fsp3) is 0.318. The number of nitrogens with zero attached hydrogens (tertiary/aromatic N) is 5. The van der Waals surface area contributed by atoms with E-state index < -0.39 is 5.69 Å². The summed E-state index contributed by atoms with van der Waals surface area (Å²) in [4.78, 5) is 30.4. The van der Waals surface area contributed by atoms with E-state index in [1.807, 2.05) is 0 Å². The Labute approximate surface area is 182 Å². The molecule has 4 aromatic rings. The Bertz CT molecular complexity index is 1440. The predicted molar refractivity (Wildman–Crippen MR) is 119 cm³/mol. The number of nitrogens with one attached hydrogen (secondary N) is 3. The monoisotopic (exact) mass is 432 g/mol. The predicted octanol–water partition coefficient (Wildman–Crippen LogP) is 1.33. The molecule has 1 saturated carbocycles. The first-order chi connectivity index (χ1) is 15.5. The maximum absolute atomic E-state index is 11.5. The summed E-state index contributed by atoms with van der Waals surface area (Å²) < 4.78 is 1.59. The number of rotatable bonds is 6. The lowest BCUT2D eigenvalue weighted by Crippen LogP contribution is -2.25. The fourth-order valence-corrected chi connectivity index (χ4v) is 3.52. The van der Waals surface area contributed by atoms with Crippen molar-refractivity contribution in [1.82, 2.24) is 29.5 Å². The molecule has 1 aromatic carbocycles. The van der Waals surface area contributed by atoms with Crippen LogP contribution in [0.2, 0.25) is 0 Å². The van der Waals surface area contributed by atoms with Crippen LogP contribution >= 0.6 is 0 Å². The first-order valence-electron chi connectivity index (χ1n) is 10.7. The highest BCUT2D eigenvalue weighted by molar-refractivity contribution is 5.57. The maximum Gasteiger partial charge on any atom is 0.326 e. The van der Waals surface area contributed by atoms with E-state index in [2.05, 4.69) is 63.5 Å². The van der Waals surface area contributed by atoms with Gasteiger partial charge in [0.1, 0.15) is 5.69 Å². The number of H-pyrrole nitrogens is 2. The van der Waals surface area contributed by atoms with Crippen LogP contribution in [0, 0.1) is 6.92 Å². The molecule has 164 valence electrons. The van der Waals surface area contributed by atoms with Crippen LogP contribution in [0.4, 0.5) is 5.95 Å². The van der Waals surface area contributed by atoms with Crippen molar-refractivity contribution in [2.24, 2.45) is 4.99 Å². The molecule has 0 aliphatic heterocycles. The summed E-state index contributed by atoms with van der Waals surface area (Å²) in [6.07, 6.45) is 6.15. The molecular formula is C22H24N8O2. The highest BCUT2D eigenvalue weighted by Crippen LogP contribution is 2.23. The summed E-state index contributed by atoms with van der Waals surface area (Å²) in [5.74, 6) is 0.210. The Hall–Kier alpha value is -3.95. The second kappa shape index (κ2) is 7.95. The van der Waals surface area contributed by atoms with E-state index in [1.54, 1.807) is 16.8 Å². The number of anilines is 1. The van der Waals surface area contributed by atoms with Crippen LogP contribution in [0.5, 0.6) is 5.88 Å². The van der Waals surface area contributed by atoms with E-state index in [1.165, 1.54) is 5.56 Å². The number of aromatic amines is 2. The van der Waals surface area contributed by atoms with Crippen LogP contribution in [-0.4, -0.2) is 40.7 Å². The van der Waals surface area contributed by atoms with Crippen LogP contribution in [0.3, 0.4) is 0 Å². The van der Waals surface area contributed by atoms with Gasteiger partial charge >= 0.3 is 5.69 Å². The summed E-state index contributed by atoms with van der Waals surface area (Å²) in [5.41, 5.74) is 3.13. The molecule has 0 radical (unpaired) electrons. The van der Waals surface area contributed by atoms with E-state index in [9.17, 15) is 9.90 Å². The normalized spacial score (nSPS) is 16.1. The van der Waals surface area contributed by atoms with Crippen molar-refractivity contribution in [3.8, 4) is 5.88 Å². The van der Waals surface area contributed by atoms with E-state index >= 15 is 0 Å². The maximum atomic E-state index is 11.5. The van der Waals surface area contributed by atoms with Crippen molar-refractivity contribution >= 4 is 17.7 Å². The van der Waals surface area contributed by atoms with Gasteiger partial charge < -0.3 is 15.4 Å². The van der Waals surface area contributed by atoms with Gasteiger partial charge in [0.15, 0.2) is 5.65 Å². The molecule has 5 rings (SSSR count). The molecule has 1 aliphatic carbocycles. The largest absolute Gasteiger partial charge is 0.493 e. The first-order valence-corrected chi connectivity index (χ1v) is 10.7. The van der Waals surface area contributed by atoms with Crippen molar-refractivity contribution in [2.75, 3.05) is 5.32 Å². The van der Waals surface area contributed by atoms with E-state index in [0.29, 0.717) is 22.4 Å². The van der Waals surface area contributed by atoms with Gasteiger partial charge in [-0.05, 0) is 37.8 Å². The van der Waals surface area contributed by atoms with Crippen LogP contribution in [0.15, 0.2) is 40.2 Å². The molecular weight excluding hydrogens is 408 g/mol. The average Bonchev–Trinajstić information content (AvgIpc) is 3.41. The number of aromatic hydroxyl groups is 1. The lowest BCUT2D eigenvalue weighted by Gasteiger charge is -2.17. The Morgan fingerprint density at radius 3 is 2.72 bits per heavy atom. The minimum absolute atomic E-state index is 0.0345. The first kappa shape index (κ1) is 20.0. The minimum Gasteiger partial charge on any atom is -0.493 e. The topological polar surface area (TPSA) is 136 Å². The van der Waals surface area contributed by atoms with Gasteiger partial charge in [-0.2, -0.15) is 19.6 Å². The molecule has 1 unspecified atom stereocenters. The number of hydrogen-bond acceptors (Lipinski definition) is 7. The molecule has 1 fully saturated rings. The van der Waals surface area contributed by atoms with Crippen LogP contribution in [0.25, 0.3) is 11.7 Å². The standard InChI is InChI=1S/C22H24N8O2/c1-3-16(13-6-4-12(2)5-7-13)25-20-27-18-14(10-17-19(31)28-22(32)26-17)11-23-30(18)21(29-20)24-15-8-9-15/h4-7,10-11,15-16,31H,3,8-9H2,1-2H3,(H,24,25,29)(H2,26,28,32)/b14-10+. The van der Waals surface area contributed by atoms with E-state index in [-0.39, 0.29) is 23.7 Å². The van der Waals surface area contributed by atoms with Gasteiger partial charge in [0, 0.05) is 5.22 Å². The van der Waals surface area contributed by atoms with Gasteiger partial charge in [-0.1, -0.05) is 36.8 Å². The van der Waals surface area contributed by atoms with E-state index in [0.717, 1.165) is 24.8 Å². The number of aryl methyl sites for hydroxylation is 1. The highest BCUT2D eigenvalue weighted by Gasteiger charge is 2.21. The van der Waals surface area contributed by atoms with Crippen molar-refractivity contribution < 1.29 is 5.11 Å². The third-order valence-electron chi connectivity index (χ3n) is 5.45. The third-order valence-corrected chi connectivity index (χ3v) is 5.45. The highest BCUT2D eigenvalue weighted by atomic mass is 16.3. The molecule has 0 spiro atoms. The molecule has 10 heteroatoms. The fourth-order valence-electron chi connectivity index (χ4n) is 3.52. The van der Waals surface area contributed by atoms with Crippen LogP contribution < -0.4 is 21.8 Å². The molecule has 32 heavy (non-hydrogen) atoms. The van der Waals surface area contributed by atoms with Gasteiger partial charge in [-0.25, -0.2) is 9.79 Å². The van der Waals surface area contributed by atoms with Gasteiger partial charge in [0.05, 0.1) is 18.3 Å². The number of fused-ring (bicyclic) bond motifs is 1. The molecule has 0 amide bonds. The van der Waals surface area contributed by atoms with Crippen molar-refractivity contribution in [3.63, 3.8) is 0 Å². The van der Waals surface area contributed by atoms with Gasteiger partial charge in [0.2, 0.25) is 11.8 Å². The second-order valence-corrected chi connectivity index (χ2v) is 8.04. The zero-order valence-corrected chi connectivity index (χ0v) is 17.8. The second-order valence-electron chi connectivity index (χ2n) is 8.04. The summed E-state index contributed by atoms with van der Waals surface area (Å²) >= 11 is 0. The summed E-state index contributed by atoms with van der Waals surface area (Å²) in [6.45, 7) is 4.17. The van der Waals surface area contributed by atoms with Gasteiger partial charge in [-0.15, -0.1) is 0 Å². The molecule has 10 nitrogen and oxygen atoms in total. The molecule has 0 saturated heterocycles. The molecule has 3 heterocycles. The number of hydrogen-bond donors (Lipinski definition) is 4. The molecule has 0 bridgehead atoms. The Morgan fingerprint density at radius 1 is 1.28 bits per heavy atom. The lowest BCUT2D eigenvalue weighted by molar-refractivity contribution is 0.454. The zero-order valence-electron chi connectivity index (χ0n) is 17.8. The lowest BCUT2D eigenvalue weighted by atomic mass is 10.0. The Balaban J connectivity index is 1.62. The zero-order chi connectivity index (χ0) is 22.2. The van der Waals surface area contributed by atoms with Gasteiger partial charge in [0.25, 0.3) is 5.62 Å². The van der Waals surface area contributed by atoms with Crippen LogP contribution in [-0.2, 0) is 0 Å². The Morgan fingerprint density at radius 2 is 2.06 bits per heavy atom. The van der Waals surface area contributed by atoms with Gasteiger partial charge in [-0.3, -0.25) is 4.98 Å². The molecule has 4 N–H and O–H groups in total. The SMILES string of the molecule is CCC(Nc1nc(=NC2CC2)n2nc/c(=C\c3[nH]c(=O)[nH]c3O)c2n1)c1ccc(C)cc1. The smallest absolute Gasteiger partial charge is 0.326 e. The number of benzene rings is 1. The third kappa shape index (κ3) is 3.98. The van der Waals surface area contributed by atoms with E-state index in [4.69, 9.17) is 9.98 Å². The quantitative estimate of drug-likeness (QED) is 0.363. The van der Waals surface area contributed by atoms with Crippen molar-refractivity contribution in [2.45, 2.75) is 45.2 Å². The van der Waals surface area contributed by atoms with Crippen molar-refractivity contribution in [1.29, 1.82) is 0 Å². The summed E-state index contributed by atoms with van der Waals surface area (Å²) in [5, 5.41) is 18.4. The number of imidazole rings is 1.